The number of rotatable bonds is 5. The Hall–Kier alpha value is -0.380. The van der Waals surface area contributed by atoms with Crippen molar-refractivity contribution in [1.82, 2.24) is 5.32 Å². The van der Waals surface area contributed by atoms with Crippen LogP contribution >= 0.6 is 15.9 Å². The second kappa shape index (κ2) is 6.69. The molecule has 1 N–H and O–H groups in total. The normalized spacial score (nSPS) is 25.3. The van der Waals surface area contributed by atoms with Gasteiger partial charge in [-0.3, -0.25) is 0 Å². The molecule has 1 aliphatic heterocycles. The molecule has 1 aliphatic rings. The van der Waals surface area contributed by atoms with Gasteiger partial charge in [0, 0.05) is 16.4 Å². The number of hydrogen-bond acceptors (Lipinski definition) is 2. The summed E-state index contributed by atoms with van der Waals surface area (Å²) >= 11 is 3.64. The zero-order valence-electron chi connectivity index (χ0n) is 11.2. The summed E-state index contributed by atoms with van der Waals surface area (Å²) in [6.45, 7) is 6.25. The van der Waals surface area contributed by atoms with Crippen LogP contribution in [-0.4, -0.2) is 25.3 Å². The summed E-state index contributed by atoms with van der Waals surface area (Å²) < 4.78 is 6.92. The van der Waals surface area contributed by atoms with Crippen molar-refractivity contribution in [2.75, 3.05) is 13.2 Å². The lowest BCUT2D eigenvalue weighted by Crippen LogP contribution is -2.38. The van der Waals surface area contributed by atoms with Crippen LogP contribution in [0.25, 0.3) is 0 Å². The van der Waals surface area contributed by atoms with E-state index in [2.05, 4.69) is 59.4 Å². The van der Waals surface area contributed by atoms with Gasteiger partial charge in [-0.05, 0) is 37.9 Å². The van der Waals surface area contributed by atoms with Crippen molar-refractivity contribution in [3.05, 3.63) is 34.3 Å². The Morgan fingerprint density at radius 3 is 2.83 bits per heavy atom. The fourth-order valence-corrected chi connectivity index (χ4v) is 3.15. The van der Waals surface area contributed by atoms with Crippen LogP contribution in [-0.2, 0) is 11.2 Å². The molecule has 0 spiro atoms. The Balaban J connectivity index is 2.04. The first kappa shape index (κ1) is 14.0. The van der Waals surface area contributed by atoms with Gasteiger partial charge in [0.15, 0.2) is 0 Å². The Kier molecular flexibility index (Phi) is 5.22. The molecule has 0 saturated carbocycles. The first-order chi connectivity index (χ1) is 8.70. The second-order valence-corrected chi connectivity index (χ2v) is 5.95. The number of benzene rings is 1. The highest BCUT2D eigenvalue weighted by Crippen LogP contribution is 2.26. The largest absolute Gasteiger partial charge is 0.378 e. The van der Waals surface area contributed by atoms with E-state index in [0.29, 0.717) is 18.1 Å². The summed E-state index contributed by atoms with van der Waals surface area (Å²) in [6, 6.07) is 9.01. The molecule has 2 rings (SSSR count). The topological polar surface area (TPSA) is 21.3 Å². The number of halogens is 1. The summed E-state index contributed by atoms with van der Waals surface area (Å²) in [4.78, 5) is 0. The lowest BCUT2D eigenvalue weighted by atomic mass is 9.91. The number of likely N-dealkylation sites (N-methyl/N-ethyl adjacent to an activating group) is 1. The van der Waals surface area contributed by atoms with Gasteiger partial charge in [0.05, 0.1) is 12.7 Å². The van der Waals surface area contributed by atoms with Gasteiger partial charge >= 0.3 is 0 Å². The predicted molar refractivity (Wildman–Crippen MR) is 78.8 cm³/mol. The lowest BCUT2D eigenvalue weighted by Gasteiger charge is -2.24. The van der Waals surface area contributed by atoms with Crippen molar-refractivity contribution in [2.24, 2.45) is 5.92 Å². The molecule has 0 aliphatic carbocycles. The van der Waals surface area contributed by atoms with Gasteiger partial charge in [0.1, 0.15) is 0 Å². The van der Waals surface area contributed by atoms with Crippen molar-refractivity contribution in [2.45, 2.75) is 38.8 Å². The van der Waals surface area contributed by atoms with Crippen molar-refractivity contribution in [3.8, 4) is 0 Å². The summed E-state index contributed by atoms with van der Waals surface area (Å²) in [5.41, 5.74) is 1.38. The molecule has 0 radical (unpaired) electrons. The monoisotopic (exact) mass is 311 g/mol. The fraction of sp³-hybridized carbons (Fsp3) is 0.600. The van der Waals surface area contributed by atoms with Gasteiger partial charge in [-0.2, -0.15) is 0 Å². The summed E-state index contributed by atoms with van der Waals surface area (Å²) in [7, 11) is 0. The van der Waals surface area contributed by atoms with Crippen LogP contribution in [0.15, 0.2) is 28.7 Å². The van der Waals surface area contributed by atoms with Gasteiger partial charge in [0.25, 0.3) is 0 Å². The van der Waals surface area contributed by atoms with Crippen molar-refractivity contribution in [3.63, 3.8) is 0 Å². The van der Waals surface area contributed by atoms with E-state index < -0.39 is 0 Å². The van der Waals surface area contributed by atoms with Gasteiger partial charge in [-0.15, -0.1) is 0 Å². The Morgan fingerprint density at radius 2 is 2.22 bits per heavy atom. The van der Waals surface area contributed by atoms with E-state index in [9.17, 15) is 0 Å². The molecule has 1 heterocycles. The zero-order chi connectivity index (χ0) is 13.0. The van der Waals surface area contributed by atoms with Gasteiger partial charge in [-0.25, -0.2) is 0 Å². The number of hydrogen-bond donors (Lipinski definition) is 1. The SMILES string of the molecule is CCNC(Cc1ccccc1Br)C1COC(C)C1. The van der Waals surface area contributed by atoms with E-state index in [1.54, 1.807) is 0 Å². The third-order valence-corrected chi connectivity index (χ3v) is 4.44. The molecule has 3 atom stereocenters. The molecule has 1 aromatic rings. The molecule has 1 aromatic carbocycles. The Bertz CT molecular complexity index is 383. The van der Waals surface area contributed by atoms with Crippen LogP contribution < -0.4 is 5.32 Å². The molecule has 0 bridgehead atoms. The Labute approximate surface area is 118 Å². The average Bonchev–Trinajstić information content (AvgIpc) is 2.78. The molecule has 0 amide bonds. The van der Waals surface area contributed by atoms with E-state index >= 15 is 0 Å². The van der Waals surface area contributed by atoms with Gasteiger partial charge in [0.2, 0.25) is 0 Å². The van der Waals surface area contributed by atoms with Crippen molar-refractivity contribution in [1.29, 1.82) is 0 Å². The van der Waals surface area contributed by atoms with E-state index in [1.165, 1.54) is 16.5 Å². The summed E-state index contributed by atoms with van der Waals surface area (Å²) in [6.07, 6.45) is 2.65. The van der Waals surface area contributed by atoms with E-state index in [-0.39, 0.29) is 0 Å². The first-order valence-electron chi connectivity index (χ1n) is 6.79. The molecule has 1 fully saturated rings. The highest BCUT2D eigenvalue weighted by molar-refractivity contribution is 9.10. The number of nitrogens with one attached hydrogen (secondary N) is 1. The van der Waals surface area contributed by atoms with Crippen LogP contribution in [0.5, 0.6) is 0 Å². The third-order valence-electron chi connectivity index (χ3n) is 3.66. The van der Waals surface area contributed by atoms with Crippen LogP contribution in [0.4, 0.5) is 0 Å². The average molecular weight is 312 g/mol. The predicted octanol–water partition coefficient (Wildman–Crippen LogP) is 3.39. The molecule has 2 nitrogen and oxygen atoms in total. The second-order valence-electron chi connectivity index (χ2n) is 5.10. The van der Waals surface area contributed by atoms with Crippen LogP contribution in [0.2, 0.25) is 0 Å². The smallest absolute Gasteiger partial charge is 0.0551 e. The maximum absolute atomic E-state index is 5.71. The zero-order valence-corrected chi connectivity index (χ0v) is 12.7. The van der Waals surface area contributed by atoms with E-state index in [1.807, 2.05) is 0 Å². The minimum atomic E-state index is 0.412. The van der Waals surface area contributed by atoms with Gasteiger partial charge < -0.3 is 10.1 Å². The van der Waals surface area contributed by atoms with Crippen molar-refractivity contribution < 1.29 is 4.74 Å². The number of ether oxygens (including phenoxy) is 1. The molecular formula is C15H22BrNO. The molecule has 3 unspecified atom stereocenters. The Morgan fingerprint density at radius 1 is 1.44 bits per heavy atom. The van der Waals surface area contributed by atoms with Crippen LogP contribution in [0, 0.1) is 5.92 Å². The molecular weight excluding hydrogens is 290 g/mol. The van der Waals surface area contributed by atoms with Gasteiger partial charge in [-0.1, -0.05) is 41.1 Å². The molecule has 3 heteroatoms. The third kappa shape index (κ3) is 3.56. The van der Waals surface area contributed by atoms with Crippen LogP contribution in [0.3, 0.4) is 0 Å². The highest BCUT2D eigenvalue weighted by atomic mass is 79.9. The summed E-state index contributed by atoms with van der Waals surface area (Å²) in [5.74, 6) is 0.632. The molecule has 0 aromatic heterocycles. The lowest BCUT2D eigenvalue weighted by molar-refractivity contribution is 0.117. The summed E-state index contributed by atoms with van der Waals surface area (Å²) in [5, 5.41) is 3.62. The highest BCUT2D eigenvalue weighted by Gasteiger charge is 2.29. The van der Waals surface area contributed by atoms with Crippen LogP contribution in [0.1, 0.15) is 25.8 Å². The quantitative estimate of drug-likeness (QED) is 0.900. The molecule has 18 heavy (non-hydrogen) atoms. The van der Waals surface area contributed by atoms with Crippen molar-refractivity contribution >= 4 is 15.9 Å². The minimum Gasteiger partial charge on any atom is -0.378 e. The van der Waals surface area contributed by atoms with E-state index in [4.69, 9.17) is 4.74 Å². The minimum absolute atomic E-state index is 0.412. The fourth-order valence-electron chi connectivity index (χ4n) is 2.70. The molecule has 100 valence electrons. The van der Waals surface area contributed by atoms with E-state index in [0.717, 1.165) is 19.6 Å². The maximum Gasteiger partial charge on any atom is 0.0551 e. The standard InChI is InChI=1S/C15H22BrNO/c1-3-17-15(13-8-11(2)18-10-13)9-12-6-4-5-7-14(12)16/h4-7,11,13,15,17H,3,8-10H2,1-2H3. The first-order valence-corrected chi connectivity index (χ1v) is 7.58. The molecule has 1 saturated heterocycles. The maximum atomic E-state index is 5.71.